The summed E-state index contributed by atoms with van der Waals surface area (Å²) in [7, 11) is 0. The van der Waals surface area contributed by atoms with Gasteiger partial charge in [-0.3, -0.25) is 0 Å². The summed E-state index contributed by atoms with van der Waals surface area (Å²) in [4.78, 5) is 4.72. The van der Waals surface area contributed by atoms with Crippen LogP contribution in [0.2, 0.25) is 0 Å². The van der Waals surface area contributed by atoms with Gasteiger partial charge in [-0.2, -0.15) is 0 Å². The van der Waals surface area contributed by atoms with Crippen LogP contribution in [0.4, 0.5) is 0 Å². The van der Waals surface area contributed by atoms with Gasteiger partial charge in [-0.1, -0.05) is 18.0 Å². The van der Waals surface area contributed by atoms with E-state index < -0.39 is 6.29 Å². The molecule has 1 heterocycles. The molecular weight excluding hydrogens is 142 g/mol. The van der Waals surface area contributed by atoms with Crippen molar-refractivity contribution in [2.45, 2.75) is 38.4 Å². The zero-order valence-electron chi connectivity index (χ0n) is 6.49. The van der Waals surface area contributed by atoms with Crippen LogP contribution in [-0.2, 0) is 4.84 Å². The molecular formula is C8H13NO2. The molecule has 2 aliphatic rings. The molecule has 1 atom stereocenters. The summed E-state index contributed by atoms with van der Waals surface area (Å²) >= 11 is 0. The summed E-state index contributed by atoms with van der Waals surface area (Å²) in [5.41, 5.74) is 1.08. The number of nitrogens with zero attached hydrogens (tertiary/aromatic N) is 1. The first-order chi connectivity index (χ1) is 5.36. The van der Waals surface area contributed by atoms with E-state index in [4.69, 9.17) is 9.94 Å². The lowest BCUT2D eigenvalue weighted by Gasteiger charge is -2.04. The van der Waals surface area contributed by atoms with Crippen LogP contribution in [0.3, 0.4) is 0 Å². The first kappa shape index (κ1) is 7.10. The minimum Gasteiger partial charge on any atom is -0.363 e. The minimum atomic E-state index is -0.661. The molecule has 0 aromatic carbocycles. The average molecular weight is 155 g/mol. The van der Waals surface area contributed by atoms with Gasteiger partial charge in [0.1, 0.15) is 0 Å². The van der Waals surface area contributed by atoms with E-state index in [1.165, 1.54) is 25.7 Å². The van der Waals surface area contributed by atoms with Crippen molar-refractivity contribution in [3.8, 4) is 0 Å². The highest BCUT2D eigenvalue weighted by Gasteiger charge is 2.27. The number of aliphatic hydroxyl groups excluding tert-OH is 1. The molecule has 0 spiro atoms. The predicted octanol–water partition coefficient (Wildman–Crippen LogP) is 1.27. The fourth-order valence-electron chi connectivity index (χ4n) is 1.88. The fourth-order valence-corrected chi connectivity index (χ4v) is 1.88. The highest BCUT2D eigenvalue weighted by molar-refractivity contribution is 5.87. The molecule has 62 valence electrons. The highest BCUT2D eigenvalue weighted by Crippen LogP contribution is 2.29. The van der Waals surface area contributed by atoms with Gasteiger partial charge < -0.3 is 9.94 Å². The van der Waals surface area contributed by atoms with Gasteiger partial charge in [0.2, 0.25) is 6.29 Å². The molecule has 0 saturated heterocycles. The molecule has 1 aliphatic heterocycles. The van der Waals surface area contributed by atoms with Gasteiger partial charge in [-0.15, -0.1) is 0 Å². The Balaban J connectivity index is 1.94. The smallest absolute Gasteiger partial charge is 0.229 e. The van der Waals surface area contributed by atoms with E-state index in [2.05, 4.69) is 5.16 Å². The first-order valence-corrected chi connectivity index (χ1v) is 4.27. The lowest BCUT2D eigenvalue weighted by Crippen LogP contribution is -2.12. The van der Waals surface area contributed by atoms with Crippen molar-refractivity contribution in [2.24, 2.45) is 11.1 Å². The highest BCUT2D eigenvalue weighted by atomic mass is 16.7. The lowest BCUT2D eigenvalue weighted by atomic mass is 10.00. The lowest BCUT2D eigenvalue weighted by molar-refractivity contribution is -0.0762. The molecule has 1 saturated carbocycles. The summed E-state index contributed by atoms with van der Waals surface area (Å²) in [6, 6.07) is 0. The van der Waals surface area contributed by atoms with Crippen LogP contribution in [0.15, 0.2) is 5.16 Å². The van der Waals surface area contributed by atoms with Gasteiger partial charge >= 0.3 is 0 Å². The third kappa shape index (κ3) is 1.38. The van der Waals surface area contributed by atoms with E-state index in [0.717, 1.165) is 5.71 Å². The van der Waals surface area contributed by atoms with Crippen molar-refractivity contribution >= 4 is 5.71 Å². The zero-order chi connectivity index (χ0) is 7.68. The molecule has 0 bridgehead atoms. The van der Waals surface area contributed by atoms with Crippen molar-refractivity contribution in [1.29, 1.82) is 0 Å². The quantitative estimate of drug-likeness (QED) is 0.619. The second-order valence-electron chi connectivity index (χ2n) is 3.33. The largest absolute Gasteiger partial charge is 0.363 e. The zero-order valence-corrected chi connectivity index (χ0v) is 6.49. The molecule has 0 amide bonds. The molecule has 1 aliphatic carbocycles. The molecule has 0 aromatic heterocycles. The minimum absolute atomic E-state index is 0.604. The summed E-state index contributed by atoms with van der Waals surface area (Å²) in [5, 5.41) is 12.9. The van der Waals surface area contributed by atoms with Crippen LogP contribution < -0.4 is 0 Å². The summed E-state index contributed by atoms with van der Waals surface area (Å²) in [6.45, 7) is 0. The summed E-state index contributed by atoms with van der Waals surface area (Å²) in [5.74, 6) is 0.604. The van der Waals surface area contributed by atoms with Gasteiger partial charge in [0.25, 0.3) is 0 Å². The maximum atomic E-state index is 9.02. The van der Waals surface area contributed by atoms with Gasteiger partial charge in [0.15, 0.2) is 0 Å². The van der Waals surface area contributed by atoms with Crippen LogP contribution in [0, 0.1) is 5.92 Å². The van der Waals surface area contributed by atoms with Gasteiger partial charge in [-0.05, 0) is 12.8 Å². The molecule has 3 nitrogen and oxygen atoms in total. The van der Waals surface area contributed by atoms with Crippen molar-refractivity contribution < 1.29 is 9.94 Å². The van der Waals surface area contributed by atoms with Crippen LogP contribution in [0.25, 0.3) is 0 Å². The van der Waals surface area contributed by atoms with Gasteiger partial charge in [0.05, 0.1) is 12.1 Å². The molecule has 0 aromatic rings. The average Bonchev–Trinajstić information content (AvgIpc) is 2.55. The van der Waals surface area contributed by atoms with Crippen LogP contribution in [-0.4, -0.2) is 17.1 Å². The Kier molecular flexibility index (Phi) is 1.82. The van der Waals surface area contributed by atoms with E-state index in [1.807, 2.05) is 0 Å². The maximum absolute atomic E-state index is 9.02. The molecule has 3 heteroatoms. The Bertz CT molecular complexity index is 173. The Labute approximate surface area is 66.0 Å². The van der Waals surface area contributed by atoms with Crippen LogP contribution >= 0.6 is 0 Å². The van der Waals surface area contributed by atoms with E-state index in [9.17, 15) is 0 Å². The normalized spacial score (nSPS) is 32.1. The third-order valence-corrected chi connectivity index (χ3v) is 2.50. The molecule has 0 radical (unpaired) electrons. The number of oxime groups is 1. The van der Waals surface area contributed by atoms with Crippen molar-refractivity contribution in [3.05, 3.63) is 0 Å². The Morgan fingerprint density at radius 1 is 1.36 bits per heavy atom. The van der Waals surface area contributed by atoms with E-state index in [-0.39, 0.29) is 0 Å². The molecule has 1 N–H and O–H groups in total. The predicted molar refractivity (Wildman–Crippen MR) is 41.1 cm³/mol. The van der Waals surface area contributed by atoms with Gasteiger partial charge in [-0.25, -0.2) is 0 Å². The molecule has 2 rings (SSSR count). The fraction of sp³-hybridized carbons (Fsp3) is 0.875. The Hall–Kier alpha value is -0.570. The van der Waals surface area contributed by atoms with Crippen molar-refractivity contribution in [2.75, 3.05) is 0 Å². The standard InChI is InChI=1S/C8H13NO2/c10-8-5-7(9-11-8)6-3-1-2-4-6/h6,8,10H,1-5H2. The van der Waals surface area contributed by atoms with E-state index in [0.29, 0.717) is 12.3 Å². The number of hydrogen-bond acceptors (Lipinski definition) is 3. The summed E-state index contributed by atoms with van der Waals surface area (Å²) in [6.07, 6.45) is 5.04. The Morgan fingerprint density at radius 2 is 2.09 bits per heavy atom. The SMILES string of the molecule is OC1CC(C2CCCC2)=NO1. The second-order valence-corrected chi connectivity index (χ2v) is 3.33. The maximum Gasteiger partial charge on any atom is 0.229 e. The topological polar surface area (TPSA) is 41.8 Å². The monoisotopic (exact) mass is 155 g/mol. The van der Waals surface area contributed by atoms with Crippen LogP contribution in [0.5, 0.6) is 0 Å². The van der Waals surface area contributed by atoms with Crippen molar-refractivity contribution in [3.63, 3.8) is 0 Å². The molecule has 11 heavy (non-hydrogen) atoms. The van der Waals surface area contributed by atoms with E-state index >= 15 is 0 Å². The van der Waals surface area contributed by atoms with Crippen molar-refractivity contribution in [1.82, 2.24) is 0 Å². The van der Waals surface area contributed by atoms with Gasteiger partial charge in [0, 0.05) is 5.92 Å². The number of aliphatic hydroxyl groups is 1. The molecule has 1 fully saturated rings. The Morgan fingerprint density at radius 3 is 2.64 bits per heavy atom. The third-order valence-electron chi connectivity index (χ3n) is 2.50. The second kappa shape index (κ2) is 2.81. The van der Waals surface area contributed by atoms with Crippen LogP contribution in [0.1, 0.15) is 32.1 Å². The molecule has 1 unspecified atom stereocenters. The first-order valence-electron chi connectivity index (χ1n) is 4.27. The number of rotatable bonds is 1. The number of hydrogen-bond donors (Lipinski definition) is 1. The van der Waals surface area contributed by atoms with E-state index in [1.54, 1.807) is 0 Å². The summed E-state index contributed by atoms with van der Waals surface area (Å²) < 4.78 is 0.